The van der Waals surface area contributed by atoms with Crippen molar-refractivity contribution >= 4 is 19.9 Å². The van der Waals surface area contributed by atoms with Gasteiger partial charge in [0.25, 0.3) is 0 Å². The van der Waals surface area contributed by atoms with Crippen LogP contribution in [0.4, 0.5) is 0 Å². The average Bonchev–Trinajstić information content (AvgIpc) is 2.15. The van der Waals surface area contributed by atoms with E-state index in [9.17, 15) is 9.46 Å². The third-order valence-corrected chi connectivity index (χ3v) is 3.57. The lowest BCUT2D eigenvalue weighted by atomic mass is 10.2. The monoisotopic (exact) mass is 256 g/mol. The van der Waals surface area contributed by atoms with Gasteiger partial charge in [0.1, 0.15) is 0 Å². The molecular weight excluding hydrogens is 235 g/mol. The highest BCUT2D eigenvalue weighted by Gasteiger charge is 2.21. The highest BCUT2D eigenvalue weighted by molar-refractivity contribution is 7.98. The predicted octanol–water partition coefficient (Wildman–Crippen LogP) is 3.76. The van der Waals surface area contributed by atoms with Crippen molar-refractivity contribution in [2.75, 3.05) is 6.61 Å². The van der Waals surface area contributed by atoms with E-state index >= 15 is 0 Å². The van der Waals surface area contributed by atoms with Crippen molar-refractivity contribution in [2.45, 2.75) is 51.7 Å². The van der Waals surface area contributed by atoms with Crippen LogP contribution in [0.3, 0.4) is 0 Å². The largest absolute Gasteiger partial charge is 0.483 e. The van der Waals surface area contributed by atoms with E-state index in [2.05, 4.69) is 6.92 Å². The smallest absolute Gasteiger partial charge is 0.302 e. The Balaban J connectivity index is 3.51. The normalized spacial score (nSPS) is 15.5. The Bertz CT molecular complexity index is 199. The molecule has 0 spiro atoms. The first-order chi connectivity index (χ1) is 6.98. The zero-order valence-corrected chi connectivity index (χ0v) is 11.4. The Labute approximate surface area is 96.6 Å². The van der Waals surface area contributed by atoms with Crippen molar-refractivity contribution in [1.82, 2.24) is 0 Å². The first kappa shape index (κ1) is 15.5. The van der Waals surface area contributed by atoms with Crippen LogP contribution in [0, 0.1) is 0 Å². The quantitative estimate of drug-likeness (QED) is 0.387. The van der Waals surface area contributed by atoms with E-state index in [1.807, 2.05) is 13.8 Å². The van der Waals surface area contributed by atoms with Gasteiger partial charge in [-0.3, -0.25) is 4.52 Å². The highest BCUT2D eigenvalue weighted by atomic mass is 32.2. The average molecular weight is 256 g/mol. The van der Waals surface area contributed by atoms with Gasteiger partial charge >= 0.3 is 7.82 Å². The Morgan fingerprint density at radius 2 is 2.00 bits per heavy atom. The second kappa shape index (κ2) is 8.59. The van der Waals surface area contributed by atoms with Crippen molar-refractivity contribution in [1.29, 1.82) is 0 Å². The van der Waals surface area contributed by atoms with Crippen molar-refractivity contribution in [3.8, 4) is 0 Å². The number of hydrogen-bond donors (Lipinski definition) is 1. The maximum Gasteiger partial charge on any atom is 0.483 e. The van der Waals surface area contributed by atoms with E-state index in [0.29, 0.717) is 0 Å². The van der Waals surface area contributed by atoms with Crippen molar-refractivity contribution < 1.29 is 18.0 Å². The number of hydrogen-bond acceptors (Lipinski definition) is 4. The molecule has 0 aliphatic heterocycles. The molecule has 0 radical (unpaired) electrons. The number of phosphoric acid groups is 1. The van der Waals surface area contributed by atoms with E-state index in [-0.39, 0.29) is 11.9 Å². The molecule has 0 aromatic carbocycles. The van der Waals surface area contributed by atoms with Gasteiger partial charge in [-0.1, -0.05) is 40.0 Å². The standard InChI is InChI=1S/C9H21O4PS/c1-4-5-6-7-8-12-14(10,11)13-15-9(2)3/h9H,4-8H2,1-3H3,(H,10,11). The van der Waals surface area contributed by atoms with Crippen LogP contribution in [-0.4, -0.2) is 16.8 Å². The zero-order valence-electron chi connectivity index (χ0n) is 9.64. The summed E-state index contributed by atoms with van der Waals surface area (Å²) in [5.74, 6) is 0. The molecule has 0 aliphatic rings. The molecular formula is C9H21O4PS. The molecule has 92 valence electrons. The lowest BCUT2D eigenvalue weighted by molar-refractivity contribution is 0.207. The van der Waals surface area contributed by atoms with Crippen LogP contribution in [0.2, 0.25) is 0 Å². The summed E-state index contributed by atoms with van der Waals surface area (Å²) in [6, 6.07) is 0. The summed E-state index contributed by atoms with van der Waals surface area (Å²) in [4.78, 5) is 9.21. The number of rotatable bonds is 9. The van der Waals surface area contributed by atoms with E-state index < -0.39 is 7.82 Å². The molecule has 1 unspecified atom stereocenters. The van der Waals surface area contributed by atoms with Gasteiger partial charge in [-0.25, -0.2) is 8.54 Å². The van der Waals surface area contributed by atoms with Crippen LogP contribution < -0.4 is 0 Å². The SMILES string of the molecule is CCCCCCOP(=O)(O)OSC(C)C. The van der Waals surface area contributed by atoms with Gasteiger partial charge in [0.05, 0.1) is 6.61 Å². The van der Waals surface area contributed by atoms with Crippen molar-refractivity contribution in [2.24, 2.45) is 0 Å². The molecule has 1 atom stereocenters. The van der Waals surface area contributed by atoms with Gasteiger partial charge < -0.3 is 4.89 Å². The molecule has 0 aromatic heterocycles. The van der Waals surface area contributed by atoms with Gasteiger partial charge in [0.2, 0.25) is 0 Å². The van der Waals surface area contributed by atoms with Gasteiger partial charge in [-0.15, -0.1) is 0 Å². The summed E-state index contributed by atoms with van der Waals surface area (Å²) in [6.45, 7) is 6.16. The molecule has 15 heavy (non-hydrogen) atoms. The fourth-order valence-corrected chi connectivity index (χ4v) is 2.53. The molecule has 0 heterocycles. The zero-order chi connectivity index (χ0) is 11.7. The Morgan fingerprint density at radius 3 is 2.53 bits per heavy atom. The van der Waals surface area contributed by atoms with Crippen LogP contribution >= 0.6 is 19.9 Å². The van der Waals surface area contributed by atoms with Crippen molar-refractivity contribution in [3.63, 3.8) is 0 Å². The predicted molar refractivity (Wildman–Crippen MR) is 63.7 cm³/mol. The van der Waals surface area contributed by atoms with Gasteiger partial charge in [-0.05, 0) is 6.42 Å². The third-order valence-electron chi connectivity index (χ3n) is 1.58. The van der Waals surface area contributed by atoms with E-state index in [1.165, 1.54) is 0 Å². The van der Waals surface area contributed by atoms with Crippen LogP contribution in [0.25, 0.3) is 0 Å². The van der Waals surface area contributed by atoms with Gasteiger partial charge in [-0.2, -0.15) is 0 Å². The lowest BCUT2D eigenvalue weighted by Crippen LogP contribution is -1.96. The molecule has 0 rings (SSSR count). The van der Waals surface area contributed by atoms with Crippen LogP contribution in [0.15, 0.2) is 0 Å². The van der Waals surface area contributed by atoms with Crippen LogP contribution in [-0.2, 0) is 13.1 Å². The summed E-state index contributed by atoms with van der Waals surface area (Å²) in [5, 5.41) is 0.147. The van der Waals surface area contributed by atoms with Gasteiger partial charge in [0, 0.05) is 17.3 Å². The maximum atomic E-state index is 11.2. The first-order valence-electron chi connectivity index (χ1n) is 5.30. The van der Waals surface area contributed by atoms with Gasteiger partial charge in [0.15, 0.2) is 0 Å². The maximum absolute atomic E-state index is 11.2. The molecule has 4 nitrogen and oxygen atoms in total. The van der Waals surface area contributed by atoms with E-state index in [1.54, 1.807) is 0 Å². The Kier molecular flexibility index (Phi) is 8.86. The highest BCUT2D eigenvalue weighted by Crippen LogP contribution is 2.48. The summed E-state index contributed by atoms with van der Waals surface area (Å²) in [5.41, 5.74) is 0. The molecule has 0 bridgehead atoms. The Hall–Kier alpha value is 0.460. The summed E-state index contributed by atoms with van der Waals surface area (Å²) < 4.78 is 20.7. The summed E-state index contributed by atoms with van der Waals surface area (Å²) >= 11 is 0.968. The number of unbranched alkanes of at least 4 members (excludes halogenated alkanes) is 3. The second-order valence-corrected chi connectivity index (χ2v) is 6.51. The van der Waals surface area contributed by atoms with E-state index in [0.717, 1.165) is 37.7 Å². The molecule has 0 saturated heterocycles. The fraction of sp³-hybridized carbons (Fsp3) is 1.00. The van der Waals surface area contributed by atoms with E-state index in [4.69, 9.17) is 8.49 Å². The van der Waals surface area contributed by atoms with Crippen LogP contribution in [0.1, 0.15) is 46.5 Å². The molecule has 0 fully saturated rings. The second-order valence-electron chi connectivity index (χ2n) is 3.58. The molecule has 0 amide bonds. The lowest BCUT2D eigenvalue weighted by Gasteiger charge is -2.11. The minimum atomic E-state index is -3.83. The summed E-state index contributed by atoms with van der Waals surface area (Å²) in [7, 11) is -3.83. The molecule has 6 heteroatoms. The molecule has 0 saturated carbocycles. The third kappa shape index (κ3) is 10.7. The molecule has 0 aromatic rings. The minimum Gasteiger partial charge on any atom is -0.302 e. The fourth-order valence-electron chi connectivity index (χ4n) is 0.871. The Morgan fingerprint density at radius 1 is 1.33 bits per heavy atom. The number of phosphoric ester groups is 1. The molecule has 1 N–H and O–H groups in total. The first-order valence-corrected chi connectivity index (χ1v) is 7.60. The minimum absolute atomic E-state index is 0.147. The topological polar surface area (TPSA) is 55.8 Å². The molecule has 0 aliphatic carbocycles. The van der Waals surface area contributed by atoms with Crippen molar-refractivity contribution in [3.05, 3.63) is 0 Å². The summed E-state index contributed by atoms with van der Waals surface area (Å²) in [6.07, 6.45) is 4.08. The van der Waals surface area contributed by atoms with Crippen LogP contribution in [0.5, 0.6) is 0 Å².